The lowest BCUT2D eigenvalue weighted by Crippen LogP contribution is -2.36. The molecular formula is C13H21N3O2S. The monoisotopic (exact) mass is 283 g/mol. The van der Waals surface area contributed by atoms with Gasteiger partial charge in [-0.15, -0.1) is 0 Å². The molecule has 2 rings (SSSR count). The Morgan fingerprint density at radius 2 is 1.79 bits per heavy atom. The summed E-state index contributed by atoms with van der Waals surface area (Å²) in [6.07, 6.45) is 4.03. The number of nitrogens with one attached hydrogen (secondary N) is 1. The molecule has 0 aromatic heterocycles. The van der Waals surface area contributed by atoms with Gasteiger partial charge >= 0.3 is 10.2 Å². The van der Waals surface area contributed by atoms with Gasteiger partial charge in [0, 0.05) is 13.1 Å². The number of hydrogen-bond donors (Lipinski definition) is 2. The first-order valence-corrected chi connectivity index (χ1v) is 8.07. The third kappa shape index (κ3) is 3.61. The molecule has 0 spiro atoms. The van der Waals surface area contributed by atoms with E-state index in [1.807, 2.05) is 13.0 Å². The molecule has 1 heterocycles. The molecule has 1 aliphatic heterocycles. The molecule has 0 saturated carbocycles. The highest BCUT2D eigenvalue weighted by molar-refractivity contribution is 7.90. The molecule has 3 N–H and O–H groups in total. The highest BCUT2D eigenvalue weighted by atomic mass is 32.2. The van der Waals surface area contributed by atoms with Crippen LogP contribution in [0, 0.1) is 6.92 Å². The molecule has 106 valence electrons. The summed E-state index contributed by atoms with van der Waals surface area (Å²) in [5.41, 5.74) is 7.76. The van der Waals surface area contributed by atoms with Gasteiger partial charge in [-0.3, -0.25) is 4.72 Å². The van der Waals surface area contributed by atoms with Crippen molar-refractivity contribution in [2.75, 3.05) is 23.5 Å². The van der Waals surface area contributed by atoms with Crippen LogP contribution in [0.25, 0.3) is 0 Å². The predicted molar refractivity (Wildman–Crippen MR) is 78.2 cm³/mol. The quantitative estimate of drug-likeness (QED) is 0.834. The highest BCUT2D eigenvalue weighted by Gasteiger charge is 2.23. The van der Waals surface area contributed by atoms with Crippen molar-refractivity contribution < 1.29 is 8.42 Å². The minimum atomic E-state index is -3.49. The first-order valence-electron chi connectivity index (χ1n) is 6.63. The number of aryl methyl sites for hydroxylation is 1. The molecule has 6 heteroatoms. The molecule has 0 aliphatic carbocycles. The third-order valence-electron chi connectivity index (χ3n) is 3.35. The molecule has 0 atom stereocenters. The zero-order valence-corrected chi connectivity index (χ0v) is 12.0. The normalized spacial score (nSPS) is 17.9. The van der Waals surface area contributed by atoms with Crippen LogP contribution in [0.5, 0.6) is 0 Å². The van der Waals surface area contributed by atoms with Crippen molar-refractivity contribution in [3.8, 4) is 0 Å². The molecule has 1 aromatic carbocycles. The van der Waals surface area contributed by atoms with E-state index in [2.05, 4.69) is 4.72 Å². The molecule has 1 aliphatic rings. The second kappa shape index (κ2) is 5.79. The maximum Gasteiger partial charge on any atom is 0.301 e. The number of rotatable bonds is 3. The fourth-order valence-corrected chi connectivity index (χ4v) is 3.59. The maximum absolute atomic E-state index is 12.3. The average molecular weight is 283 g/mol. The van der Waals surface area contributed by atoms with Crippen molar-refractivity contribution >= 4 is 21.6 Å². The Bertz CT molecular complexity index is 535. The molecule has 1 fully saturated rings. The van der Waals surface area contributed by atoms with E-state index < -0.39 is 10.2 Å². The zero-order valence-electron chi connectivity index (χ0n) is 11.2. The lowest BCUT2D eigenvalue weighted by atomic mass is 10.2. The van der Waals surface area contributed by atoms with E-state index in [4.69, 9.17) is 5.73 Å². The van der Waals surface area contributed by atoms with E-state index in [1.165, 1.54) is 4.31 Å². The number of benzene rings is 1. The SMILES string of the molecule is Cc1ccc(NS(=O)(=O)N2CCCCCC2)c(N)c1. The van der Waals surface area contributed by atoms with Crippen LogP contribution in [-0.4, -0.2) is 25.8 Å². The second-order valence-electron chi connectivity index (χ2n) is 5.01. The van der Waals surface area contributed by atoms with Gasteiger partial charge in [-0.2, -0.15) is 12.7 Å². The molecule has 1 saturated heterocycles. The van der Waals surface area contributed by atoms with Crippen LogP contribution in [0.15, 0.2) is 18.2 Å². The van der Waals surface area contributed by atoms with E-state index >= 15 is 0 Å². The molecule has 19 heavy (non-hydrogen) atoms. The Balaban J connectivity index is 2.15. The van der Waals surface area contributed by atoms with Gasteiger partial charge in [0.25, 0.3) is 0 Å². The number of anilines is 2. The topological polar surface area (TPSA) is 75.4 Å². The van der Waals surface area contributed by atoms with E-state index in [0.717, 1.165) is 31.2 Å². The summed E-state index contributed by atoms with van der Waals surface area (Å²) >= 11 is 0. The van der Waals surface area contributed by atoms with Crippen molar-refractivity contribution in [3.05, 3.63) is 23.8 Å². The maximum atomic E-state index is 12.3. The van der Waals surface area contributed by atoms with Crippen LogP contribution in [-0.2, 0) is 10.2 Å². The first kappa shape index (κ1) is 14.1. The summed E-state index contributed by atoms with van der Waals surface area (Å²) in [5, 5.41) is 0. The van der Waals surface area contributed by atoms with Crippen LogP contribution >= 0.6 is 0 Å². The molecule has 0 radical (unpaired) electrons. The van der Waals surface area contributed by atoms with Crippen molar-refractivity contribution in [2.24, 2.45) is 0 Å². The summed E-state index contributed by atoms with van der Waals surface area (Å²) in [5.74, 6) is 0. The van der Waals surface area contributed by atoms with Crippen LogP contribution in [0.1, 0.15) is 31.2 Å². The average Bonchev–Trinajstić information content (AvgIpc) is 2.62. The van der Waals surface area contributed by atoms with Gasteiger partial charge in [-0.25, -0.2) is 0 Å². The smallest absolute Gasteiger partial charge is 0.301 e. The zero-order chi connectivity index (χ0) is 13.9. The fourth-order valence-electron chi connectivity index (χ4n) is 2.26. The predicted octanol–water partition coefficient (Wildman–Crippen LogP) is 2.11. The van der Waals surface area contributed by atoms with Crippen molar-refractivity contribution in [2.45, 2.75) is 32.6 Å². The Hall–Kier alpha value is -1.27. The van der Waals surface area contributed by atoms with Gasteiger partial charge in [0.1, 0.15) is 0 Å². The van der Waals surface area contributed by atoms with E-state index in [0.29, 0.717) is 24.5 Å². The number of hydrogen-bond acceptors (Lipinski definition) is 3. The number of nitrogens with zero attached hydrogens (tertiary/aromatic N) is 1. The summed E-state index contributed by atoms with van der Waals surface area (Å²) in [7, 11) is -3.49. The van der Waals surface area contributed by atoms with Crippen molar-refractivity contribution in [1.82, 2.24) is 4.31 Å². The summed E-state index contributed by atoms with van der Waals surface area (Å²) < 4.78 is 28.7. The second-order valence-corrected chi connectivity index (χ2v) is 6.68. The third-order valence-corrected chi connectivity index (χ3v) is 4.87. The van der Waals surface area contributed by atoms with Gasteiger partial charge < -0.3 is 5.73 Å². The molecule has 0 bridgehead atoms. The summed E-state index contributed by atoms with van der Waals surface area (Å²) in [6.45, 7) is 3.09. The highest BCUT2D eigenvalue weighted by Crippen LogP contribution is 2.22. The summed E-state index contributed by atoms with van der Waals surface area (Å²) in [6, 6.07) is 5.32. The number of nitrogen functional groups attached to an aromatic ring is 1. The molecule has 1 aromatic rings. The van der Waals surface area contributed by atoms with Crippen LogP contribution in [0.4, 0.5) is 11.4 Å². The Morgan fingerprint density at radius 1 is 1.16 bits per heavy atom. The van der Waals surface area contributed by atoms with Gasteiger partial charge in [0.05, 0.1) is 11.4 Å². The molecule has 0 amide bonds. The van der Waals surface area contributed by atoms with Crippen LogP contribution in [0.2, 0.25) is 0 Å². The summed E-state index contributed by atoms with van der Waals surface area (Å²) in [4.78, 5) is 0. The van der Waals surface area contributed by atoms with Crippen molar-refractivity contribution in [1.29, 1.82) is 0 Å². The lowest BCUT2D eigenvalue weighted by molar-refractivity contribution is 0.427. The lowest BCUT2D eigenvalue weighted by Gasteiger charge is -2.21. The molecule has 0 unspecified atom stereocenters. The van der Waals surface area contributed by atoms with E-state index in [9.17, 15) is 8.42 Å². The Kier molecular flexibility index (Phi) is 4.31. The van der Waals surface area contributed by atoms with Crippen LogP contribution < -0.4 is 10.5 Å². The van der Waals surface area contributed by atoms with E-state index in [1.54, 1.807) is 12.1 Å². The molecular weight excluding hydrogens is 262 g/mol. The van der Waals surface area contributed by atoms with Gasteiger partial charge in [-0.1, -0.05) is 18.9 Å². The minimum absolute atomic E-state index is 0.454. The fraction of sp³-hybridized carbons (Fsp3) is 0.538. The minimum Gasteiger partial charge on any atom is -0.397 e. The van der Waals surface area contributed by atoms with E-state index in [-0.39, 0.29) is 0 Å². The Labute approximate surface area is 115 Å². The van der Waals surface area contributed by atoms with Gasteiger partial charge in [-0.05, 0) is 37.5 Å². The van der Waals surface area contributed by atoms with Gasteiger partial charge in [0.15, 0.2) is 0 Å². The Morgan fingerprint density at radius 3 is 2.37 bits per heavy atom. The largest absolute Gasteiger partial charge is 0.397 e. The standard InChI is InChI=1S/C13H21N3O2S/c1-11-6-7-13(12(14)10-11)15-19(17,18)16-8-4-2-3-5-9-16/h6-7,10,15H,2-5,8-9,14H2,1H3. The van der Waals surface area contributed by atoms with Gasteiger partial charge in [0.2, 0.25) is 0 Å². The number of nitrogens with two attached hydrogens (primary N) is 1. The first-order chi connectivity index (χ1) is 8.99. The molecule has 5 nitrogen and oxygen atoms in total. The van der Waals surface area contributed by atoms with Crippen molar-refractivity contribution in [3.63, 3.8) is 0 Å². The van der Waals surface area contributed by atoms with Crippen LogP contribution in [0.3, 0.4) is 0 Å².